The second-order valence-corrected chi connectivity index (χ2v) is 7.06. The molecule has 118 valence electrons. The van der Waals surface area contributed by atoms with Crippen molar-refractivity contribution in [3.8, 4) is 0 Å². The summed E-state index contributed by atoms with van der Waals surface area (Å²) in [5, 5.41) is 3.92. The van der Waals surface area contributed by atoms with Crippen LogP contribution in [-0.2, 0) is 14.8 Å². The number of benzene rings is 1. The molecule has 1 saturated carbocycles. The van der Waals surface area contributed by atoms with Crippen molar-refractivity contribution >= 4 is 27.3 Å². The minimum atomic E-state index is -3.76. The molecule has 0 aliphatic heterocycles. The number of Topliss-reactive ketones (excluding diaryl/α,β-unsaturated/α-hetero) is 2. The Morgan fingerprint density at radius 2 is 1.82 bits per heavy atom. The van der Waals surface area contributed by atoms with E-state index in [1.807, 2.05) is 0 Å². The minimum Gasteiger partial charge on any atom is -0.300 e. The zero-order valence-electron chi connectivity index (χ0n) is 12.5. The molecule has 0 aromatic heterocycles. The van der Waals surface area contributed by atoms with Crippen molar-refractivity contribution in [2.24, 2.45) is 11.0 Å². The van der Waals surface area contributed by atoms with E-state index >= 15 is 0 Å². The first-order valence-electron chi connectivity index (χ1n) is 6.98. The Kier molecular flexibility index (Phi) is 4.75. The predicted octanol–water partition coefficient (Wildman–Crippen LogP) is 1.91. The van der Waals surface area contributed by atoms with Crippen LogP contribution in [0.1, 0.15) is 43.5 Å². The summed E-state index contributed by atoms with van der Waals surface area (Å²) < 4.78 is 24.2. The number of ketones is 2. The third-order valence-corrected chi connectivity index (χ3v) is 4.96. The molecule has 1 atom stereocenters. The van der Waals surface area contributed by atoms with Crippen molar-refractivity contribution in [1.29, 1.82) is 0 Å². The van der Waals surface area contributed by atoms with Crippen LogP contribution in [0.2, 0.25) is 0 Å². The first kappa shape index (κ1) is 16.4. The second kappa shape index (κ2) is 6.39. The van der Waals surface area contributed by atoms with Gasteiger partial charge >= 0.3 is 0 Å². The molecule has 22 heavy (non-hydrogen) atoms. The first-order valence-corrected chi connectivity index (χ1v) is 8.46. The van der Waals surface area contributed by atoms with E-state index in [1.165, 1.54) is 38.1 Å². The number of hydrogen-bond donors (Lipinski definition) is 1. The molecule has 0 amide bonds. The largest absolute Gasteiger partial charge is 0.300 e. The summed E-state index contributed by atoms with van der Waals surface area (Å²) in [6.07, 6.45) is 1.83. The average Bonchev–Trinajstić information content (AvgIpc) is 2.94. The SMILES string of the molecule is CC(=O)c1ccc(S(=O)(=O)N/N=C2\CCC(C(C)=O)C2)cc1. The summed E-state index contributed by atoms with van der Waals surface area (Å²) in [6.45, 7) is 2.95. The van der Waals surface area contributed by atoms with Gasteiger partial charge in [-0.05, 0) is 45.2 Å². The van der Waals surface area contributed by atoms with E-state index in [1.54, 1.807) is 0 Å². The van der Waals surface area contributed by atoms with Gasteiger partial charge in [-0.3, -0.25) is 9.59 Å². The van der Waals surface area contributed by atoms with E-state index in [-0.39, 0.29) is 22.4 Å². The Labute approximate surface area is 129 Å². The Bertz CT molecular complexity index is 720. The molecule has 1 unspecified atom stereocenters. The van der Waals surface area contributed by atoms with Gasteiger partial charge in [-0.1, -0.05) is 12.1 Å². The monoisotopic (exact) mass is 322 g/mol. The molecule has 6 nitrogen and oxygen atoms in total. The van der Waals surface area contributed by atoms with E-state index in [0.29, 0.717) is 30.5 Å². The van der Waals surface area contributed by atoms with E-state index in [0.717, 1.165) is 0 Å². The lowest BCUT2D eigenvalue weighted by atomic mass is 10.0. The highest BCUT2D eigenvalue weighted by atomic mass is 32.2. The topological polar surface area (TPSA) is 92.7 Å². The second-order valence-electron chi connectivity index (χ2n) is 5.40. The van der Waals surface area contributed by atoms with Gasteiger partial charge in [0.05, 0.1) is 4.90 Å². The minimum absolute atomic E-state index is 0.0444. The van der Waals surface area contributed by atoms with Crippen molar-refractivity contribution < 1.29 is 18.0 Å². The van der Waals surface area contributed by atoms with Gasteiger partial charge < -0.3 is 0 Å². The van der Waals surface area contributed by atoms with E-state index in [4.69, 9.17) is 0 Å². The molecule has 1 aliphatic rings. The predicted molar refractivity (Wildman–Crippen MR) is 82.2 cm³/mol. The van der Waals surface area contributed by atoms with Crippen LogP contribution in [-0.4, -0.2) is 25.7 Å². The fourth-order valence-electron chi connectivity index (χ4n) is 2.32. The summed E-state index contributed by atoms with van der Waals surface area (Å²) in [4.78, 5) is 24.7. The van der Waals surface area contributed by atoms with Crippen LogP contribution in [0.15, 0.2) is 34.3 Å². The number of carbonyl (C=O) groups excluding carboxylic acids is 2. The highest BCUT2D eigenvalue weighted by Crippen LogP contribution is 2.23. The van der Waals surface area contributed by atoms with E-state index in [9.17, 15) is 18.0 Å². The van der Waals surface area contributed by atoms with Crippen LogP contribution in [0.4, 0.5) is 0 Å². The lowest BCUT2D eigenvalue weighted by molar-refractivity contribution is -0.120. The molecule has 7 heteroatoms. The molecule has 1 aromatic carbocycles. The van der Waals surface area contributed by atoms with Gasteiger partial charge in [0.2, 0.25) is 0 Å². The third kappa shape index (κ3) is 3.79. The average molecular weight is 322 g/mol. The molecular weight excluding hydrogens is 304 g/mol. The molecule has 1 aromatic rings. The van der Waals surface area contributed by atoms with Crippen LogP contribution in [0, 0.1) is 5.92 Å². The number of sulfonamides is 1. The molecule has 1 fully saturated rings. The van der Waals surface area contributed by atoms with Gasteiger partial charge in [-0.25, -0.2) is 4.83 Å². The number of hydrogen-bond acceptors (Lipinski definition) is 5. The van der Waals surface area contributed by atoms with Crippen molar-refractivity contribution in [2.75, 3.05) is 0 Å². The Morgan fingerprint density at radius 1 is 1.18 bits per heavy atom. The highest BCUT2D eigenvalue weighted by molar-refractivity contribution is 7.89. The van der Waals surface area contributed by atoms with E-state index in [2.05, 4.69) is 9.93 Å². The maximum absolute atomic E-state index is 12.1. The van der Waals surface area contributed by atoms with Crippen molar-refractivity contribution in [3.05, 3.63) is 29.8 Å². The quantitative estimate of drug-likeness (QED) is 0.662. The normalized spacial score (nSPS) is 20.1. The van der Waals surface area contributed by atoms with Gasteiger partial charge in [0, 0.05) is 17.2 Å². The van der Waals surface area contributed by atoms with Gasteiger partial charge in [0.25, 0.3) is 10.0 Å². The van der Waals surface area contributed by atoms with E-state index < -0.39 is 10.0 Å². The van der Waals surface area contributed by atoms with Gasteiger partial charge in [-0.15, -0.1) is 0 Å². The van der Waals surface area contributed by atoms with Crippen LogP contribution in [0.3, 0.4) is 0 Å². The zero-order chi connectivity index (χ0) is 16.3. The third-order valence-electron chi connectivity index (χ3n) is 3.73. The van der Waals surface area contributed by atoms with Crippen molar-refractivity contribution in [2.45, 2.75) is 38.0 Å². The number of nitrogens with one attached hydrogen (secondary N) is 1. The smallest absolute Gasteiger partial charge is 0.276 e. The van der Waals surface area contributed by atoms with Crippen LogP contribution < -0.4 is 4.83 Å². The molecule has 1 N–H and O–H groups in total. The summed E-state index contributed by atoms with van der Waals surface area (Å²) in [7, 11) is -3.76. The molecule has 0 saturated heterocycles. The molecule has 0 spiro atoms. The maximum Gasteiger partial charge on any atom is 0.276 e. The molecule has 0 bridgehead atoms. The summed E-state index contributed by atoms with van der Waals surface area (Å²) in [5.41, 5.74) is 1.13. The molecular formula is C15H18N2O4S. The lowest BCUT2D eigenvalue weighted by Crippen LogP contribution is -2.20. The van der Waals surface area contributed by atoms with Crippen LogP contribution in [0.5, 0.6) is 0 Å². The summed E-state index contributed by atoms with van der Waals surface area (Å²) in [5.74, 6) is -0.0793. The Hall–Kier alpha value is -2.02. The fourth-order valence-corrected chi connectivity index (χ4v) is 3.17. The number of rotatable bonds is 5. The fraction of sp³-hybridized carbons (Fsp3) is 0.400. The van der Waals surface area contributed by atoms with Gasteiger partial charge in [-0.2, -0.15) is 13.5 Å². The molecule has 1 aliphatic carbocycles. The van der Waals surface area contributed by atoms with Crippen LogP contribution >= 0.6 is 0 Å². The highest BCUT2D eigenvalue weighted by Gasteiger charge is 2.25. The number of nitrogens with zero attached hydrogens (tertiary/aromatic N) is 1. The van der Waals surface area contributed by atoms with Crippen LogP contribution in [0.25, 0.3) is 0 Å². The molecule has 0 heterocycles. The lowest BCUT2D eigenvalue weighted by Gasteiger charge is -2.05. The number of hydrazone groups is 1. The number of carbonyl (C=O) groups is 2. The Balaban J connectivity index is 2.08. The Morgan fingerprint density at radius 3 is 2.32 bits per heavy atom. The maximum atomic E-state index is 12.1. The molecule has 2 rings (SSSR count). The van der Waals surface area contributed by atoms with Gasteiger partial charge in [0.15, 0.2) is 5.78 Å². The zero-order valence-corrected chi connectivity index (χ0v) is 13.3. The standard InChI is InChI=1S/C15H18N2O4S/c1-10(18)12-4-7-15(8-5-12)22(20,21)17-16-14-6-3-13(9-14)11(2)19/h4-5,7-8,13,17H,3,6,9H2,1-2H3/b16-14+. The van der Waals surface area contributed by atoms with Crippen molar-refractivity contribution in [1.82, 2.24) is 4.83 Å². The van der Waals surface area contributed by atoms with Crippen molar-refractivity contribution in [3.63, 3.8) is 0 Å². The summed E-state index contributed by atoms with van der Waals surface area (Å²) >= 11 is 0. The molecule has 0 radical (unpaired) electrons. The van der Waals surface area contributed by atoms with Gasteiger partial charge in [0.1, 0.15) is 5.78 Å². The first-order chi connectivity index (χ1) is 10.3. The summed E-state index contributed by atoms with van der Waals surface area (Å²) in [6, 6.07) is 5.66.